The Morgan fingerprint density at radius 2 is 2.50 bits per heavy atom. The largest absolute Gasteiger partial charge is 0.385 e. The Kier molecular flexibility index (Phi) is 7.87. The van der Waals surface area contributed by atoms with E-state index in [-0.39, 0.29) is 12.0 Å². The summed E-state index contributed by atoms with van der Waals surface area (Å²) < 4.78 is 10.7. The maximum atomic E-state index is 12.1. The summed E-state index contributed by atoms with van der Waals surface area (Å²) in [5.74, 6) is 0.0747. The van der Waals surface area contributed by atoms with E-state index >= 15 is 0 Å². The molecule has 0 saturated carbocycles. The first-order valence-electron chi connectivity index (χ1n) is 7.90. The number of nitrogens with zero attached hydrogens (tertiary/aromatic N) is 1. The first-order valence-corrected chi connectivity index (χ1v) is 8.78. The molecule has 6 heteroatoms. The molecule has 1 fully saturated rings. The van der Waals surface area contributed by atoms with Crippen LogP contribution in [-0.2, 0) is 20.8 Å². The van der Waals surface area contributed by atoms with Gasteiger partial charge in [-0.1, -0.05) is 6.07 Å². The monoisotopic (exact) mass is 326 g/mol. The molecule has 0 aromatic carbocycles. The van der Waals surface area contributed by atoms with Crippen LogP contribution in [0.4, 0.5) is 0 Å². The molecule has 0 spiro atoms. The van der Waals surface area contributed by atoms with Gasteiger partial charge >= 0.3 is 0 Å². The maximum Gasteiger partial charge on any atom is 0.234 e. The second kappa shape index (κ2) is 9.94. The van der Waals surface area contributed by atoms with E-state index in [0.717, 1.165) is 39.0 Å². The number of ether oxygens (including phenoxy) is 2. The number of hydrogen-bond donors (Lipinski definition) is 1. The summed E-state index contributed by atoms with van der Waals surface area (Å²) in [6.45, 7) is 4.24. The van der Waals surface area contributed by atoms with Crippen LogP contribution in [0.1, 0.15) is 24.1 Å². The fourth-order valence-electron chi connectivity index (χ4n) is 2.59. The van der Waals surface area contributed by atoms with Gasteiger partial charge < -0.3 is 14.8 Å². The highest BCUT2D eigenvalue weighted by Crippen LogP contribution is 2.16. The van der Waals surface area contributed by atoms with Crippen LogP contribution in [0.3, 0.4) is 0 Å². The van der Waals surface area contributed by atoms with E-state index in [0.29, 0.717) is 19.7 Å². The number of carbonyl (C=O) groups excluding carboxylic acids is 1. The third kappa shape index (κ3) is 6.44. The summed E-state index contributed by atoms with van der Waals surface area (Å²) in [6.07, 6.45) is 3.33. The second-order valence-corrected chi connectivity index (χ2v) is 6.61. The minimum atomic E-state index is 0.0747. The van der Waals surface area contributed by atoms with Gasteiger partial charge in [-0.3, -0.25) is 9.69 Å². The second-order valence-electron chi connectivity index (χ2n) is 5.58. The van der Waals surface area contributed by atoms with E-state index in [9.17, 15) is 4.79 Å². The lowest BCUT2D eigenvalue weighted by molar-refractivity contribution is -0.122. The highest BCUT2D eigenvalue weighted by atomic mass is 32.1. The van der Waals surface area contributed by atoms with Crippen LogP contribution >= 0.6 is 11.3 Å². The Hall–Kier alpha value is -0.950. The van der Waals surface area contributed by atoms with Gasteiger partial charge in [0.1, 0.15) is 0 Å². The van der Waals surface area contributed by atoms with Crippen LogP contribution in [0.2, 0.25) is 0 Å². The van der Waals surface area contributed by atoms with Crippen molar-refractivity contribution in [2.45, 2.75) is 31.9 Å². The van der Waals surface area contributed by atoms with Gasteiger partial charge in [0.25, 0.3) is 0 Å². The zero-order valence-corrected chi connectivity index (χ0v) is 14.1. The summed E-state index contributed by atoms with van der Waals surface area (Å²) >= 11 is 1.73. The number of thiophene rings is 1. The van der Waals surface area contributed by atoms with Gasteiger partial charge in [-0.05, 0) is 30.7 Å². The predicted octanol–water partition coefficient (Wildman–Crippen LogP) is 1.88. The Bertz CT molecular complexity index is 419. The van der Waals surface area contributed by atoms with Crippen molar-refractivity contribution in [3.05, 3.63) is 22.4 Å². The molecule has 1 aromatic rings. The van der Waals surface area contributed by atoms with Crippen molar-refractivity contribution in [2.75, 3.05) is 40.0 Å². The Labute approximate surface area is 136 Å². The number of hydrogen-bond acceptors (Lipinski definition) is 5. The van der Waals surface area contributed by atoms with Crippen molar-refractivity contribution in [3.8, 4) is 0 Å². The molecule has 2 rings (SSSR count). The Balaban J connectivity index is 1.79. The number of rotatable bonds is 10. The molecule has 0 radical (unpaired) electrons. The van der Waals surface area contributed by atoms with Crippen molar-refractivity contribution < 1.29 is 14.3 Å². The molecule has 124 valence electrons. The minimum absolute atomic E-state index is 0.0747. The summed E-state index contributed by atoms with van der Waals surface area (Å²) in [6, 6.07) is 4.17. The number of carbonyl (C=O) groups is 1. The van der Waals surface area contributed by atoms with Gasteiger partial charge in [0.2, 0.25) is 5.91 Å². The fraction of sp³-hybridized carbons (Fsp3) is 0.688. The van der Waals surface area contributed by atoms with Gasteiger partial charge in [0.05, 0.1) is 12.6 Å². The van der Waals surface area contributed by atoms with Crippen molar-refractivity contribution in [3.63, 3.8) is 0 Å². The molecule has 2 heterocycles. The molecular formula is C16H26N2O3S. The zero-order chi connectivity index (χ0) is 15.6. The van der Waals surface area contributed by atoms with Crippen molar-refractivity contribution in [2.24, 2.45) is 0 Å². The zero-order valence-electron chi connectivity index (χ0n) is 13.3. The molecule has 5 nitrogen and oxygen atoms in total. The molecule has 1 aromatic heterocycles. The number of nitrogens with one attached hydrogen (secondary N) is 1. The Morgan fingerprint density at radius 3 is 3.18 bits per heavy atom. The smallest absolute Gasteiger partial charge is 0.234 e. The highest BCUT2D eigenvalue weighted by molar-refractivity contribution is 7.09. The van der Waals surface area contributed by atoms with Gasteiger partial charge in [0, 0.05) is 44.8 Å². The maximum absolute atomic E-state index is 12.1. The highest BCUT2D eigenvalue weighted by Gasteiger charge is 2.21. The van der Waals surface area contributed by atoms with Crippen LogP contribution in [0.5, 0.6) is 0 Å². The first kappa shape index (κ1) is 17.4. The molecule has 22 heavy (non-hydrogen) atoms. The van der Waals surface area contributed by atoms with Gasteiger partial charge in [-0.25, -0.2) is 0 Å². The van der Waals surface area contributed by atoms with Crippen LogP contribution in [0.15, 0.2) is 17.5 Å². The summed E-state index contributed by atoms with van der Waals surface area (Å²) in [7, 11) is 1.67. The molecule has 1 unspecified atom stereocenters. The van der Waals surface area contributed by atoms with E-state index in [4.69, 9.17) is 9.47 Å². The molecule has 0 aliphatic carbocycles. The standard InChI is InChI=1S/C16H26N2O3S/c1-20-8-4-7-17-16(19)13-18(11-14-5-2-9-21-14)12-15-6-3-10-22-15/h3,6,10,14H,2,4-5,7-9,11-13H2,1H3,(H,17,19). The van der Waals surface area contributed by atoms with E-state index in [1.165, 1.54) is 4.88 Å². The lowest BCUT2D eigenvalue weighted by atomic mass is 10.2. The molecule has 0 bridgehead atoms. The van der Waals surface area contributed by atoms with Gasteiger partial charge in [-0.2, -0.15) is 0 Å². The molecular weight excluding hydrogens is 300 g/mol. The van der Waals surface area contributed by atoms with Crippen molar-refractivity contribution >= 4 is 17.2 Å². The van der Waals surface area contributed by atoms with Crippen LogP contribution in [0, 0.1) is 0 Å². The SMILES string of the molecule is COCCCNC(=O)CN(Cc1cccs1)CC1CCCO1. The number of amides is 1. The quantitative estimate of drug-likeness (QED) is 0.667. The van der Waals surface area contributed by atoms with Crippen molar-refractivity contribution in [1.29, 1.82) is 0 Å². The minimum Gasteiger partial charge on any atom is -0.385 e. The van der Waals surface area contributed by atoms with Crippen LogP contribution in [0.25, 0.3) is 0 Å². The van der Waals surface area contributed by atoms with Crippen LogP contribution < -0.4 is 5.32 Å². The predicted molar refractivity (Wildman–Crippen MR) is 88.1 cm³/mol. The summed E-state index contributed by atoms with van der Waals surface area (Å²) in [4.78, 5) is 15.6. The molecule has 1 aliphatic rings. The summed E-state index contributed by atoms with van der Waals surface area (Å²) in [5.41, 5.74) is 0. The molecule has 1 amide bonds. The molecule has 1 saturated heterocycles. The van der Waals surface area contributed by atoms with Crippen LogP contribution in [-0.4, -0.2) is 56.9 Å². The van der Waals surface area contributed by atoms with Gasteiger partial charge in [0.15, 0.2) is 0 Å². The molecule has 1 aliphatic heterocycles. The van der Waals surface area contributed by atoms with Gasteiger partial charge in [-0.15, -0.1) is 11.3 Å². The third-order valence-electron chi connectivity index (χ3n) is 3.66. The normalized spacial score (nSPS) is 18.0. The average Bonchev–Trinajstić information content (AvgIpc) is 3.17. The lowest BCUT2D eigenvalue weighted by Crippen LogP contribution is -2.40. The Morgan fingerprint density at radius 1 is 1.59 bits per heavy atom. The average molecular weight is 326 g/mol. The fourth-order valence-corrected chi connectivity index (χ4v) is 3.33. The van der Waals surface area contributed by atoms with E-state index in [1.807, 2.05) is 0 Å². The molecule has 1 N–H and O–H groups in total. The lowest BCUT2D eigenvalue weighted by Gasteiger charge is -2.24. The van der Waals surface area contributed by atoms with E-state index < -0.39 is 0 Å². The van der Waals surface area contributed by atoms with Crippen molar-refractivity contribution in [1.82, 2.24) is 10.2 Å². The summed E-state index contributed by atoms with van der Waals surface area (Å²) in [5, 5.41) is 5.03. The third-order valence-corrected chi connectivity index (χ3v) is 4.52. The van der Waals surface area contributed by atoms with E-state index in [2.05, 4.69) is 27.7 Å². The first-order chi connectivity index (χ1) is 10.8. The molecule has 1 atom stereocenters. The topological polar surface area (TPSA) is 50.8 Å². The van der Waals surface area contributed by atoms with E-state index in [1.54, 1.807) is 18.4 Å². The number of methoxy groups -OCH3 is 1.